The Hall–Kier alpha value is -1.60. The number of rotatable bonds is 2. The maximum Gasteiger partial charge on any atom is 0.266 e. The topological polar surface area (TPSA) is 71.8 Å². The molecule has 0 saturated carbocycles. The fourth-order valence-electron chi connectivity index (χ4n) is 1.42. The van der Waals surface area contributed by atoms with Crippen LogP contribution in [0.1, 0.15) is 0 Å². The van der Waals surface area contributed by atoms with E-state index in [-0.39, 0.29) is 5.56 Å². The van der Waals surface area contributed by atoms with Gasteiger partial charge < -0.3 is 9.40 Å². The van der Waals surface area contributed by atoms with E-state index in [9.17, 15) is 4.79 Å². The molecule has 0 atom stereocenters. The molecule has 90 valence electrons. The minimum absolute atomic E-state index is 0.233. The number of oxazole rings is 1. The quantitative estimate of drug-likeness (QED) is 0.734. The van der Waals surface area contributed by atoms with Crippen LogP contribution >= 0.6 is 27.7 Å². The number of benzene rings is 1. The van der Waals surface area contributed by atoms with Crippen molar-refractivity contribution < 1.29 is 4.42 Å². The Bertz CT molecular complexity index is 735. The molecule has 0 aliphatic carbocycles. The molecular weight excluding hydrogens is 318 g/mol. The summed E-state index contributed by atoms with van der Waals surface area (Å²) in [4.78, 5) is 22.2. The van der Waals surface area contributed by atoms with Gasteiger partial charge in [0.25, 0.3) is 10.8 Å². The summed E-state index contributed by atoms with van der Waals surface area (Å²) in [5.41, 5.74) is 1.26. The molecule has 5 nitrogen and oxygen atoms in total. The third kappa shape index (κ3) is 2.06. The maximum absolute atomic E-state index is 11.4. The molecule has 0 amide bonds. The van der Waals surface area contributed by atoms with Crippen LogP contribution in [-0.4, -0.2) is 15.0 Å². The van der Waals surface area contributed by atoms with Crippen LogP contribution in [0.5, 0.6) is 0 Å². The van der Waals surface area contributed by atoms with E-state index in [1.54, 1.807) is 0 Å². The lowest BCUT2D eigenvalue weighted by Gasteiger charge is -1.97. The summed E-state index contributed by atoms with van der Waals surface area (Å²) in [6.45, 7) is 0. The molecule has 2 heterocycles. The second-order valence-corrected chi connectivity index (χ2v) is 5.13. The van der Waals surface area contributed by atoms with Crippen molar-refractivity contribution in [2.75, 3.05) is 0 Å². The van der Waals surface area contributed by atoms with Gasteiger partial charge in [0.1, 0.15) is 15.0 Å². The third-order valence-corrected chi connectivity index (χ3v) is 4.07. The Balaban J connectivity index is 2.01. The Morgan fingerprint density at radius 2 is 2.17 bits per heavy atom. The number of hydrogen-bond acceptors (Lipinski definition) is 5. The molecule has 0 fully saturated rings. The number of aromatic amines is 1. The van der Waals surface area contributed by atoms with Crippen LogP contribution in [0.2, 0.25) is 0 Å². The van der Waals surface area contributed by atoms with Gasteiger partial charge in [0.05, 0.1) is 6.33 Å². The number of fused-ring (bicyclic) bond motifs is 1. The van der Waals surface area contributed by atoms with E-state index in [1.165, 1.54) is 18.1 Å². The highest BCUT2D eigenvalue weighted by Gasteiger charge is 2.12. The zero-order valence-corrected chi connectivity index (χ0v) is 11.3. The summed E-state index contributed by atoms with van der Waals surface area (Å²) >= 11 is 4.38. The first-order valence-corrected chi connectivity index (χ1v) is 6.61. The predicted molar refractivity (Wildman–Crippen MR) is 70.7 cm³/mol. The summed E-state index contributed by atoms with van der Waals surface area (Å²) < 4.78 is 5.92. The van der Waals surface area contributed by atoms with E-state index in [0.717, 1.165) is 5.52 Å². The first-order valence-electron chi connectivity index (χ1n) is 5.00. The monoisotopic (exact) mass is 323 g/mol. The van der Waals surface area contributed by atoms with Crippen molar-refractivity contribution in [1.82, 2.24) is 15.0 Å². The van der Waals surface area contributed by atoms with Crippen molar-refractivity contribution in [3.05, 3.63) is 45.4 Å². The molecule has 3 rings (SSSR count). The summed E-state index contributed by atoms with van der Waals surface area (Å²) in [6.07, 6.45) is 1.35. The molecule has 0 radical (unpaired) electrons. The lowest BCUT2D eigenvalue weighted by molar-refractivity contribution is 0.489. The number of H-pyrrole nitrogens is 1. The number of aromatic nitrogens is 3. The molecule has 0 aliphatic rings. The van der Waals surface area contributed by atoms with Gasteiger partial charge in [0.15, 0.2) is 5.58 Å². The largest absolute Gasteiger partial charge is 0.431 e. The summed E-state index contributed by atoms with van der Waals surface area (Å²) in [5.74, 6) is 0. The maximum atomic E-state index is 11.4. The highest BCUT2D eigenvalue weighted by Crippen LogP contribution is 2.31. The molecule has 7 heteroatoms. The van der Waals surface area contributed by atoms with Crippen molar-refractivity contribution in [3.8, 4) is 0 Å². The molecular formula is C11H6BrN3O2S. The minimum Gasteiger partial charge on any atom is -0.431 e. The fourth-order valence-corrected chi connectivity index (χ4v) is 2.60. The van der Waals surface area contributed by atoms with Gasteiger partial charge in [-0.05, 0) is 39.8 Å². The van der Waals surface area contributed by atoms with E-state index in [1.807, 2.05) is 24.3 Å². The molecule has 0 aliphatic heterocycles. The van der Waals surface area contributed by atoms with Crippen LogP contribution in [0.15, 0.2) is 54.5 Å². The number of halogens is 1. The molecule has 0 spiro atoms. The van der Waals surface area contributed by atoms with Crippen LogP contribution < -0.4 is 5.56 Å². The van der Waals surface area contributed by atoms with Crippen molar-refractivity contribution in [2.24, 2.45) is 0 Å². The van der Waals surface area contributed by atoms with Crippen molar-refractivity contribution >= 4 is 38.8 Å². The highest BCUT2D eigenvalue weighted by molar-refractivity contribution is 9.10. The standard InChI is InChI=1S/C11H6BrN3O2S/c12-8-9(16)13-5-14-10(8)18-11-15-6-3-1-2-4-7(6)17-11/h1-5H,(H,13,14,16). The van der Waals surface area contributed by atoms with Crippen LogP contribution in [-0.2, 0) is 0 Å². The molecule has 2 aromatic heterocycles. The second-order valence-electron chi connectivity index (χ2n) is 3.40. The van der Waals surface area contributed by atoms with E-state index in [0.29, 0.717) is 20.3 Å². The van der Waals surface area contributed by atoms with Crippen LogP contribution in [0.4, 0.5) is 0 Å². The van der Waals surface area contributed by atoms with Crippen molar-refractivity contribution in [1.29, 1.82) is 0 Å². The van der Waals surface area contributed by atoms with Crippen LogP contribution in [0.3, 0.4) is 0 Å². The van der Waals surface area contributed by atoms with Gasteiger partial charge in [-0.3, -0.25) is 4.79 Å². The molecule has 0 bridgehead atoms. The van der Waals surface area contributed by atoms with Gasteiger partial charge in [-0.1, -0.05) is 12.1 Å². The molecule has 0 unspecified atom stereocenters. The zero-order chi connectivity index (χ0) is 12.5. The Morgan fingerprint density at radius 1 is 1.33 bits per heavy atom. The Kier molecular flexibility index (Phi) is 2.92. The molecule has 18 heavy (non-hydrogen) atoms. The number of para-hydroxylation sites is 2. The Morgan fingerprint density at radius 3 is 3.00 bits per heavy atom. The summed E-state index contributed by atoms with van der Waals surface area (Å²) in [7, 11) is 0. The predicted octanol–water partition coefficient (Wildman–Crippen LogP) is 2.82. The lowest BCUT2D eigenvalue weighted by atomic mass is 10.3. The van der Waals surface area contributed by atoms with Gasteiger partial charge in [-0.25, -0.2) is 9.97 Å². The fraction of sp³-hybridized carbons (Fsp3) is 0. The molecule has 1 aromatic carbocycles. The molecule has 0 saturated heterocycles. The molecule has 3 aromatic rings. The lowest BCUT2D eigenvalue weighted by Crippen LogP contribution is -2.07. The van der Waals surface area contributed by atoms with Gasteiger partial charge in [0, 0.05) is 0 Å². The van der Waals surface area contributed by atoms with E-state index >= 15 is 0 Å². The average Bonchev–Trinajstić information content (AvgIpc) is 2.77. The minimum atomic E-state index is -0.233. The number of nitrogens with zero attached hydrogens (tertiary/aromatic N) is 2. The SMILES string of the molecule is O=c1[nH]cnc(Sc2nc3ccccc3o2)c1Br. The third-order valence-electron chi connectivity index (χ3n) is 2.22. The van der Waals surface area contributed by atoms with Crippen molar-refractivity contribution in [2.45, 2.75) is 10.2 Å². The average molecular weight is 324 g/mol. The zero-order valence-electron chi connectivity index (χ0n) is 8.88. The summed E-state index contributed by atoms with van der Waals surface area (Å²) in [6, 6.07) is 7.47. The van der Waals surface area contributed by atoms with Crippen LogP contribution in [0.25, 0.3) is 11.1 Å². The summed E-state index contributed by atoms with van der Waals surface area (Å²) in [5, 5.41) is 0.973. The van der Waals surface area contributed by atoms with Crippen molar-refractivity contribution in [3.63, 3.8) is 0 Å². The molecule has 1 N–H and O–H groups in total. The first-order chi connectivity index (χ1) is 8.74. The first kappa shape index (κ1) is 11.5. The normalized spacial score (nSPS) is 10.9. The van der Waals surface area contributed by atoms with Gasteiger partial charge in [-0.15, -0.1) is 0 Å². The number of nitrogens with one attached hydrogen (secondary N) is 1. The van der Waals surface area contributed by atoms with Gasteiger partial charge >= 0.3 is 0 Å². The number of hydrogen-bond donors (Lipinski definition) is 1. The van der Waals surface area contributed by atoms with E-state index in [4.69, 9.17) is 4.42 Å². The smallest absolute Gasteiger partial charge is 0.266 e. The van der Waals surface area contributed by atoms with Crippen LogP contribution in [0, 0.1) is 0 Å². The second kappa shape index (κ2) is 4.58. The van der Waals surface area contributed by atoms with Gasteiger partial charge in [-0.2, -0.15) is 0 Å². The Labute approximate surface area is 114 Å². The van der Waals surface area contributed by atoms with E-state index < -0.39 is 0 Å². The highest BCUT2D eigenvalue weighted by atomic mass is 79.9. The van der Waals surface area contributed by atoms with Gasteiger partial charge in [0.2, 0.25) is 0 Å². The van der Waals surface area contributed by atoms with E-state index in [2.05, 4.69) is 30.9 Å².